The molecule has 2 unspecified atom stereocenters. The maximum absolute atomic E-state index is 11.9. The number of aliphatic hydroxyl groups excluding tert-OH is 1. The molecule has 1 fully saturated rings. The van der Waals surface area contributed by atoms with Gasteiger partial charge in [-0.3, -0.25) is 8.42 Å². The predicted molar refractivity (Wildman–Crippen MR) is 72.4 cm³/mol. The zero-order valence-electron chi connectivity index (χ0n) is 10.1. The molecule has 6 heteroatoms. The molecule has 3 atom stereocenters. The average Bonchev–Trinajstić information content (AvgIpc) is 2.38. The fourth-order valence-electron chi connectivity index (χ4n) is 1.97. The normalized spacial score (nSPS) is 29.8. The highest BCUT2D eigenvalue weighted by Gasteiger charge is 2.35. The molecule has 1 aliphatic rings. The summed E-state index contributed by atoms with van der Waals surface area (Å²) in [5, 5.41) is 10.3. The van der Waals surface area contributed by atoms with Crippen molar-refractivity contribution in [3.05, 3.63) is 29.8 Å². The Labute approximate surface area is 111 Å². The second-order valence-corrected chi connectivity index (χ2v) is 7.77. The molecule has 1 aliphatic heterocycles. The molecule has 2 rings (SSSR count). The third-order valence-corrected chi connectivity index (χ3v) is 7.12. The minimum atomic E-state index is -1.24. The van der Waals surface area contributed by atoms with E-state index >= 15 is 0 Å². The topological polar surface area (TPSA) is 63.6 Å². The molecule has 1 aromatic carbocycles. The van der Waals surface area contributed by atoms with Gasteiger partial charge in [-0.2, -0.15) is 0 Å². The Morgan fingerprint density at radius 1 is 1.33 bits per heavy atom. The van der Waals surface area contributed by atoms with Crippen LogP contribution in [0.1, 0.15) is 18.1 Å². The van der Waals surface area contributed by atoms with Gasteiger partial charge >= 0.3 is 0 Å². The van der Waals surface area contributed by atoms with Crippen LogP contribution < -0.4 is 4.74 Å². The van der Waals surface area contributed by atoms with Crippen LogP contribution in [0.2, 0.25) is 0 Å². The first kappa shape index (κ1) is 13.7. The molecule has 0 amide bonds. The summed E-state index contributed by atoms with van der Waals surface area (Å²) in [5.74, 6) is 1.65. The van der Waals surface area contributed by atoms with Gasteiger partial charge in [0.1, 0.15) is 16.4 Å². The van der Waals surface area contributed by atoms with E-state index in [2.05, 4.69) is 0 Å². The number of benzene rings is 1. The summed E-state index contributed by atoms with van der Waals surface area (Å²) >= 11 is 0. The Hall–Kier alpha value is -0.720. The van der Waals surface area contributed by atoms with Gasteiger partial charge in [-0.15, -0.1) is 0 Å². The maximum Gasteiger partial charge on any atom is 0.140 e. The van der Waals surface area contributed by atoms with E-state index in [4.69, 9.17) is 4.74 Å². The molecule has 1 N–H and O–H groups in total. The van der Waals surface area contributed by atoms with Crippen LogP contribution in [0.3, 0.4) is 0 Å². The first-order valence-corrected chi connectivity index (χ1v) is 8.46. The lowest BCUT2D eigenvalue weighted by atomic mass is 10.1. The first-order valence-electron chi connectivity index (χ1n) is 5.70. The first-order chi connectivity index (χ1) is 8.63. The summed E-state index contributed by atoms with van der Waals surface area (Å²) in [6.45, 7) is 0. The van der Waals surface area contributed by atoms with Crippen LogP contribution in [0.4, 0.5) is 0 Å². The quantitative estimate of drug-likeness (QED) is 0.899. The largest absolute Gasteiger partial charge is 0.497 e. The molecule has 1 aromatic rings. The highest BCUT2D eigenvalue weighted by atomic mass is 32.2. The number of hydrogen-bond acceptors (Lipinski definition) is 4. The molecule has 1 heterocycles. The van der Waals surface area contributed by atoms with E-state index in [-0.39, 0.29) is 0 Å². The number of ether oxygens (including phenoxy) is 1. The van der Waals surface area contributed by atoms with Gasteiger partial charge in [-0.1, -0.05) is 12.1 Å². The maximum atomic E-state index is 11.9. The van der Waals surface area contributed by atoms with E-state index in [1.165, 1.54) is 0 Å². The van der Waals surface area contributed by atoms with Crippen molar-refractivity contribution >= 4 is 21.6 Å². The van der Waals surface area contributed by atoms with E-state index in [9.17, 15) is 13.5 Å². The van der Waals surface area contributed by atoms with E-state index in [1.54, 1.807) is 31.4 Å². The van der Waals surface area contributed by atoms with Crippen LogP contribution in [0.25, 0.3) is 0 Å². The summed E-state index contributed by atoms with van der Waals surface area (Å²) in [4.78, 5) is 0. The standard InChI is InChI=1S/C12H16O4S2/c1-16-10-5-2-4-9(8-10)11(13)12-17(14)6-3-7-18(12)15/h2,4-5,8,11-13H,3,6-7H2,1H3/t11-,12?,17?,18?/m1/s1. The Morgan fingerprint density at radius 2 is 2.00 bits per heavy atom. The number of hydrogen-bond donors (Lipinski definition) is 1. The van der Waals surface area contributed by atoms with Crippen LogP contribution in [-0.2, 0) is 21.6 Å². The fraction of sp³-hybridized carbons (Fsp3) is 0.500. The summed E-state index contributed by atoms with van der Waals surface area (Å²) < 4.78 is 28.2. The Morgan fingerprint density at radius 3 is 2.61 bits per heavy atom. The van der Waals surface area contributed by atoms with Gasteiger partial charge in [0.25, 0.3) is 0 Å². The fourth-order valence-corrected chi connectivity index (χ4v) is 5.90. The molecule has 4 nitrogen and oxygen atoms in total. The molecule has 18 heavy (non-hydrogen) atoms. The van der Waals surface area contributed by atoms with Gasteiger partial charge in [0.15, 0.2) is 0 Å². The lowest BCUT2D eigenvalue weighted by molar-refractivity contribution is 0.193. The minimum Gasteiger partial charge on any atom is -0.497 e. The van der Waals surface area contributed by atoms with Crippen molar-refractivity contribution in [2.75, 3.05) is 18.6 Å². The van der Waals surface area contributed by atoms with E-state index in [0.29, 0.717) is 29.2 Å². The summed E-state index contributed by atoms with van der Waals surface area (Å²) in [5.41, 5.74) is 0.600. The third kappa shape index (κ3) is 2.81. The third-order valence-electron chi connectivity index (χ3n) is 2.90. The molecule has 100 valence electrons. The van der Waals surface area contributed by atoms with Crippen LogP contribution in [0, 0.1) is 0 Å². The lowest BCUT2D eigenvalue weighted by Crippen LogP contribution is -2.35. The van der Waals surface area contributed by atoms with Gasteiger partial charge in [0.2, 0.25) is 0 Å². The Balaban J connectivity index is 2.26. The SMILES string of the molecule is COc1cccc([C@@H](O)C2S(=O)CCCS2=O)c1. The van der Waals surface area contributed by atoms with Crippen molar-refractivity contribution in [2.45, 2.75) is 17.1 Å². The van der Waals surface area contributed by atoms with Gasteiger partial charge in [-0.05, 0) is 24.1 Å². The second kappa shape index (κ2) is 5.95. The van der Waals surface area contributed by atoms with Crippen molar-refractivity contribution in [3.63, 3.8) is 0 Å². The lowest BCUT2D eigenvalue weighted by Gasteiger charge is -2.25. The average molecular weight is 288 g/mol. The van der Waals surface area contributed by atoms with E-state index in [1.807, 2.05) is 0 Å². The van der Waals surface area contributed by atoms with Crippen LogP contribution in [-0.4, -0.2) is 36.7 Å². The van der Waals surface area contributed by atoms with E-state index < -0.39 is 32.3 Å². The van der Waals surface area contributed by atoms with Gasteiger partial charge in [-0.25, -0.2) is 0 Å². The Bertz CT molecular complexity index is 459. The Kier molecular flexibility index (Phi) is 4.53. The predicted octanol–water partition coefficient (Wildman–Crippen LogP) is 0.956. The van der Waals surface area contributed by atoms with Crippen LogP contribution >= 0.6 is 0 Å². The van der Waals surface area contributed by atoms with Crippen LogP contribution in [0.5, 0.6) is 5.75 Å². The summed E-state index contributed by atoms with van der Waals surface area (Å²) in [6, 6.07) is 6.95. The molecule has 0 saturated carbocycles. The zero-order valence-corrected chi connectivity index (χ0v) is 11.7. The van der Waals surface area contributed by atoms with Crippen molar-refractivity contribution in [2.24, 2.45) is 0 Å². The molecule has 1 saturated heterocycles. The molecule has 0 aromatic heterocycles. The molecule has 0 spiro atoms. The highest BCUT2D eigenvalue weighted by molar-refractivity contribution is 8.03. The van der Waals surface area contributed by atoms with Gasteiger partial charge in [0.05, 0.1) is 7.11 Å². The van der Waals surface area contributed by atoms with Crippen molar-refractivity contribution < 1.29 is 18.3 Å². The number of aliphatic hydroxyl groups is 1. The molecule has 0 bridgehead atoms. The van der Waals surface area contributed by atoms with Crippen molar-refractivity contribution in [3.8, 4) is 5.75 Å². The number of methoxy groups -OCH3 is 1. The van der Waals surface area contributed by atoms with Gasteiger partial charge in [0, 0.05) is 33.1 Å². The number of rotatable bonds is 3. The van der Waals surface area contributed by atoms with Crippen LogP contribution in [0.15, 0.2) is 24.3 Å². The smallest absolute Gasteiger partial charge is 0.140 e. The highest BCUT2D eigenvalue weighted by Crippen LogP contribution is 2.28. The van der Waals surface area contributed by atoms with Crippen molar-refractivity contribution in [1.82, 2.24) is 0 Å². The minimum absolute atomic E-state index is 0.511. The van der Waals surface area contributed by atoms with Crippen molar-refractivity contribution in [1.29, 1.82) is 0 Å². The molecular formula is C12H16O4S2. The summed E-state index contributed by atoms with van der Waals surface area (Å²) in [6.07, 6.45) is -0.275. The second-order valence-electron chi connectivity index (χ2n) is 4.11. The molecular weight excluding hydrogens is 272 g/mol. The molecule has 0 aliphatic carbocycles. The molecule has 0 radical (unpaired) electrons. The van der Waals surface area contributed by atoms with Gasteiger partial charge < -0.3 is 9.84 Å². The summed E-state index contributed by atoms with van der Waals surface area (Å²) in [7, 11) is -0.932. The van der Waals surface area contributed by atoms with E-state index in [0.717, 1.165) is 0 Å². The zero-order chi connectivity index (χ0) is 13.1. The monoisotopic (exact) mass is 288 g/mol.